The van der Waals surface area contributed by atoms with Crippen molar-refractivity contribution in [2.24, 2.45) is 7.05 Å². The lowest BCUT2D eigenvalue weighted by atomic mass is 9.91. The normalized spacial score (nSPS) is 15.8. The molecule has 4 aromatic heterocycles. The number of piperidine rings is 1. The van der Waals surface area contributed by atoms with Crippen LogP contribution in [0.2, 0.25) is 0 Å². The van der Waals surface area contributed by atoms with Gasteiger partial charge in [-0.3, -0.25) is 0 Å². The number of halogens is 5. The Morgan fingerprint density at radius 1 is 1.16 bits per heavy atom. The van der Waals surface area contributed by atoms with Crippen LogP contribution in [0.3, 0.4) is 0 Å². The third-order valence-electron chi connectivity index (χ3n) is 6.64. The van der Waals surface area contributed by atoms with Crippen LogP contribution in [0.1, 0.15) is 49.8 Å². The van der Waals surface area contributed by atoms with Crippen molar-refractivity contribution in [2.75, 3.05) is 18.0 Å². The number of aromatic nitrogens is 7. The zero-order chi connectivity index (χ0) is 27.4. The Kier molecular flexibility index (Phi) is 6.04. The minimum atomic E-state index is -4.84. The molecule has 14 heteroatoms. The van der Waals surface area contributed by atoms with Gasteiger partial charge in [0, 0.05) is 50.8 Å². The number of hydrogen-bond acceptors (Lipinski definition) is 7. The van der Waals surface area contributed by atoms with E-state index in [9.17, 15) is 18.4 Å². The Hall–Kier alpha value is -4.15. The molecule has 0 unspecified atom stereocenters. The van der Waals surface area contributed by atoms with Crippen molar-refractivity contribution in [3.05, 3.63) is 47.7 Å². The van der Waals surface area contributed by atoms with E-state index in [-0.39, 0.29) is 71.3 Å². The second kappa shape index (κ2) is 9.00. The van der Waals surface area contributed by atoms with Gasteiger partial charge in [-0.15, -0.1) is 15.3 Å². The average Bonchev–Trinajstić information content (AvgIpc) is 3.46. The van der Waals surface area contributed by atoms with Crippen molar-refractivity contribution >= 4 is 16.7 Å². The molecule has 0 spiro atoms. The van der Waals surface area contributed by atoms with E-state index in [0.29, 0.717) is 6.07 Å². The number of nitrogens with zero attached hydrogens (tertiary/aromatic N) is 9. The molecular weight excluding hydrogens is 509 g/mol. The Labute approximate surface area is 213 Å². The fourth-order valence-electron chi connectivity index (χ4n) is 4.72. The monoisotopic (exact) mass is 531 g/mol. The second-order valence-corrected chi connectivity index (χ2v) is 9.50. The van der Waals surface area contributed by atoms with E-state index in [2.05, 4.69) is 25.3 Å². The van der Waals surface area contributed by atoms with Gasteiger partial charge in [0.1, 0.15) is 18.1 Å². The zero-order valence-corrected chi connectivity index (χ0v) is 20.6. The SMILES string of the molecule is CC(C)n1nc2ncc(-c3nc(C(F)(F)F)cc(C#N)c3N3CCC(F)(c4nncn4C)CC3)cc2c1F. The summed E-state index contributed by atoms with van der Waals surface area (Å²) in [5.74, 6) is -0.544. The summed E-state index contributed by atoms with van der Waals surface area (Å²) in [4.78, 5) is 9.62. The molecule has 1 aliphatic heterocycles. The summed E-state index contributed by atoms with van der Waals surface area (Å²) in [7, 11) is 1.62. The van der Waals surface area contributed by atoms with Crippen LogP contribution in [0.4, 0.5) is 27.6 Å². The topological polar surface area (TPSA) is 101 Å². The maximum atomic E-state index is 15.8. The van der Waals surface area contributed by atoms with Crippen LogP contribution in [0.5, 0.6) is 0 Å². The van der Waals surface area contributed by atoms with Gasteiger partial charge in [0.25, 0.3) is 0 Å². The van der Waals surface area contributed by atoms with Gasteiger partial charge < -0.3 is 9.47 Å². The summed E-state index contributed by atoms with van der Waals surface area (Å²) < 4.78 is 74.6. The predicted molar refractivity (Wildman–Crippen MR) is 126 cm³/mol. The highest BCUT2D eigenvalue weighted by Crippen LogP contribution is 2.42. The number of fused-ring (bicyclic) bond motifs is 1. The molecule has 0 atom stereocenters. The molecular formula is C24H22F5N9. The standard InChI is InChI=1S/C24H22F5N9/c1-13(2)38-20(25)16-8-15(11-31-21(16)35-38)18-19(14(10-30)9-17(33-18)24(27,28)29)37-6-4-23(26,5-7-37)22-34-32-12-36(22)3/h8-9,11-13H,4-7H2,1-3H3. The number of alkyl halides is 4. The van der Waals surface area contributed by atoms with Crippen molar-refractivity contribution in [3.63, 3.8) is 0 Å². The molecule has 0 aromatic carbocycles. The third-order valence-corrected chi connectivity index (χ3v) is 6.64. The van der Waals surface area contributed by atoms with Crippen molar-refractivity contribution in [1.82, 2.24) is 34.5 Å². The molecule has 198 valence electrons. The first-order valence-electron chi connectivity index (χ1n) is 11.8. The van der Waals surface area contributed by atoms with Crippen LogP contribution in [0, 0.1) is 17.3 Å². The minimum absolute atomic E-state index is 0.00331. The molecule has 1 fully saturated rings. The number of aryl methyl sites for hydroxylation is 1. The molecule has 1 aliphatic rings. The van der Waals surface area contributed by atoms with Gasteiger partial charge in [-0.05, 0) is 26.0 Å². The van der Waals surface area contributed by atoms with E-state index >= 15 is 8.78 Å². The Morgan fingerprint density at radius 3 is 2.45 bits per heavy atom. The fourth-order valence-corrected chi connectivity index (χ4v) is 4.72. The largest absolute Gasteiger partial charge is 0.433 e. The molecule has 0 saturated carbocycles. The van der Waals surface area contributed by atoms with E-state index in [1.165, 1.54) is 23.2 Å². The Bertz CT molecular complexity index is 1560. The summed E-state index contributed by atoms with van der Waals surface area (Å²) in [6.45, 7) is 3.58. The van der Waals surface area contributed by atoms with E-state index in [0.717, 1.165) is 4.68 Å². The van der Waals surface area contributed by atoms with Gasteiger partial charge in [0.05, 0.1) is 22.3 Å². The average molecular weight is 531 g/mol. The Morgan fingerprint density at radius 2 is 1.87 bits per heavy atom. The molecule has 1 saturated heterocycles. The molecule has 38 heavy (non-hydrogen) atoms. The number of pyridine rings is 2. The van der Waals surface area contributed by atoms with Crippen LogP contribution in [-0.2, 0) is 18.9 Å². The first kappa shape index (κ1) is 25.5. The van der Waals surface area contributed by atoms with E-state index in [1.807, 2.05) is 6.07 Å². The fraction of sp³-hybridized carbons (Fsp3) is 0.417. The third kappa shape index (κ3) is 4.21. The highest BCUT2D eigenvalue weighted by molar-refractivity contribution is 5.86. The molecule has 0 radical (unpaired) electrons. The quantitative estimate of drug-likeness (QED) is 0.352. The van der Waals surface area contributed by atoms with Gasteiger partial charge in [0.15, 0.2) is 17.1 Å². The maximum absolute atomic E-state index is 15.8. The first-order chi connectivity index (χ1) is 17.9. The van der Waals surface area contributed by atoms with Gasteiger partial charge in [-0.25, -0.2) is 19.0 Å². The predicted octanol–water partition coefficient (Wildman–Crippen LogP) is 4.70. The summed E-state index contributed by atoms with van der Waals surface area (Å²) in [6.07, 6.45) is -2.30. The van der Waals surface area contributed by atoms with Crippen molar-refractivity contribution < 1.29 is 22.0 Å². The molecule has 0 amide bonds. The molecule has 0 bridgehead atoms. The van der Waals surface area contributed by atoms with Gasteiger partial charge in [-0.2, -0.15) is 22.8 Å². The lowest BCUT2D eigenvalue weighted by Gasteiger charge is -2.38. The van der Waals surface area contributed by atoms with Gasteiger partial charge in [0.2, 0.25) is 5.95 Å². The summed E-state index contributed by atoms with van der Waals surface area (Å²) in [5.41, 5.74) is -3.32. The first-order valence-corrected chi connectivity index (χ1v) is 11.8. The lowest BCUT2D eigenvalue weighted by Crippen LogP contribution is -2.42. The highest BCUT2D eigenvalue weighted by atomic mass is 19.4. The number of anilines is 1. The molecule has 0 N–H and O–H groups in total. The maximum Gasteiger partial charge on any atom is 0.433 e. The van der Waals surface area contributed by atoms with Crippen molar-refractivity contribution in [2.45, 2.75) is 44.6 Å². The van der Waals surface area contributed by atoms with Crippen molar-refractivity contribution in [1.29, 1.82) is 5.26 Å². The smallest absolute Gasteiger partial charge is 0.368 e. The second-order valence-electron chi connectivity index (χ2n) is 9.50. The van der Waals surface area contributed by atoms with Crippen LogP contribution < -0.4 is 4.90 Å². The summed E-state index contributed by atoms with van der Waals surface area (Å²) >= 11 is 0. The van der Waals surface area contributed by atoms with Crippen LogP contribution in [0.15, 0.2) is 24.7 Å². The van der Waals surface area contributed by atoms with Gasteiger partial charge in [-0.1, -0.05) is 0 Å². The van der Waals surface area contributed by atoms with Crippen LogP contribution >= 0.6 is 0 Å². The molecule has 5 heterocycles. The zero-order valence-electron chi connectivity index (χ0n) is 20.6. The van der Waals surface area contributed by atoms with E-state index in [1.54, 1.807) is 25.8 Å². The molecule has 4 aromatic rings. The van der Waals surface area contributed by atoms with Gasteiger partial charge >= 0.3 is 6.18 Å². The molecule has 0 aliphatic carbocycles. The van der Waals surface area contributed by atoms with E-state index < -0.39 is 23.5 Å². The Balaban J connectivity index is 1.63. The number of nitriles is 1. The molecule has 9 nitrogen and oxygen atoms in total. The highest BCUT2D eigenvalue weighted by Gasteiger charge is 2.42. The summed E-state index contributed by atoms with van der Waals surface area (Å²) in [6, 6.07) is 3.50. The number of rotatable bonds is 4. The lowest BCUT2D eigenvalue weighted by molar-refractivity contribution is -0.141. The minimum Gasteiger partial charge on any atom is -0.368 e. The van der Waals surface area contributed by atoms with Crippen LogP contribution in [-0.4, -0.2) is 47.6 Å². The van der Waals surface area contributed by atoms with E-state index in [4.69, 9.17) is 0 Å². The van der Waals surface area contributed by atoms with Crippen LogP contribution in [0.25, 0.3) is 22.3 Å². The number of hydrogen-bond donors (Lipinski definition) is 0. The summed E-state index contributed by atoms with van der Waals surface area (Å²) in [5, 5.41) is 21.5. The van der Waals surface area contributed by atoms with Crippen molar-refractivity contribution in [3.8, 4) is 17.3 Å². The molecule has 5 rings (SSSR count).